The zero-order valence-corrected chi connectivity index (χ0v) is 7.39. The molecule has 0 fully saturated rings. The van der Waals surface area contributed by atoms with Crippen LogP contribution in [0.3, 0.4) is 0 Å². The van der Waals surface area contributed by atoms with E-state index < -0.39 is 15.9 Å². The maximum Gasteiger partial charge on any atom is 0.330 e. The molecule has 0 heterocycles. The zero-order valence-electron chi connectivity index (χ0n) is 7.39. The van der Waals surface area contributed by atoms with Crippen molar-refractivity contribution >= 4 is 17.3 Å². The van der Waals surface area contributed by atoms with E-state index in [1.807, 2.05) is 0 Å². The van der Waals surface area contributed by atoms with Crippen molar-refractivity contribution in [3.63, 3.8) is 0 Å². The summed E-state index contributed by atoms with van der Waals surface area (Å²) in [6.45, 7) is 1.08. The van der Waals surface area contributed by atoms with Crippen LogP contribution >= 0.6 is 0 Å². The molecule has 1 rings (SSSR count). The zero-order chi connectivity index (χ0) is 10.7. The number of nitrogens with one attached hydrogen (secondary N) is 1. The molecule has 0 spiro atoms. The maximum atomic E-state index is 11.2. The molecular weight excluding hydrogens is 188 g/mol. The van der Waals surface area contributed by atoms with Crippen molar-refractivity contribution in [1.82, 2.24) is 0 Å². The van der Waals surface area contributed by atoms with Gasteiger partial charge in [0.25, 0.3) is 0 Å². The number of para-hydroxylation sites is 2. The summed E-state index contributed by atoms with van der Waals surface area (Å²) in [5.74, 6) is -0.709. The van der Waals surface area contributed by atoms with Crippen LogP contribution in [-0.2, 0) is 4.79 Å². The molecule has 0 bridgehead atoms. The molecule has 14 heavy (non-hydrogen) atoms. The monoisotopic (exact) mass is 196 g/mol. The van der Waals surface area contributed by atoms with Crippen molar-refractivity contribution in [2.45, 2.75) is 6.92 Å². The van der Waals surface area contributed by atoms with Crippen LogP contribution in [0.15, 0.2) is 24.3 Å². The van der Waals surface area contributed by atoms with E-state index in [0.717, 1.165) is 6.92 Å². The molecule has 6 nitrogen and oxygen atoms in total. The molecule has 0 saturated heterocycles. The molecule has 1 aromatic carbocycles. The lowest BCUT2D eigenvalue weighted by Gasteiger charge is -2.16. The van der Waals surface area contributed by atoms with E-state index in [2.05, 4.69) is 0 Å². The summed E-state index contributed by atoms with van der Waals surface area (Å²) in [6, 6.07) is 5.37. The first kappa shape index (κ1) is 10.3. The number of carbonyl (C=O) groups is 1. The van der Waals surface area contributed by atoms with Gasteiger partial charge in [0.15, 0.2) is 0 Å². The van der Waals surface area contributed by atoms with Gasteiger partial charge in [0.2, 0.25) is 5.69 Å². The van der Waals surface area contributed by atoms with Crippen LogP contribution in [0, 0.1) is 15.3 Å². The molecule has 0 radical (unpaired) electrons. The van der Waals surface area contributed by atoms with Crippen molar-refractivity contribution in [2.75, 3.05) is 0 Å². The first-order valence-corrected chi connectivity index (χ1v) is 3.82. The molecule has 1 unspecified atom stereocenters. The Bertz CT molecular complexity index is 377. The molecule has 0 aromatic heterocycles. The van der Waals surface area contributed by atoms with Crippen molar-refractivity contribution in [1.29, 1.82) is 0 Å². The number of hydrogen-bond donors (Lipinski definition) is 1. The summed E-state index contributed by atoms with van der Waals surface area (Å²) in [7, 11) is 0. The SMILES string of the molecule is CC(=O)[NH+]([O-])c1ccccc1[N+](=O)[O-]. The smallest absolute Gasteiger partial charge is 0.330 e. The third kappa shape index (κ3) is 1.93. The van der Waals surface area contributed by atoms with Crippen molar-refractivity contribution in [3.8, 4) is 0 Å². The van der Waals surface area contributed by atoms with E-state index in [-0.39, 0.29) is 11.4 Å². The molecule has 0 aliphatic rings. The van der Waals surface area contributed by atoms with Crippen LogP contribution in [0.25, 0.3) is 0 Å². The lowest BCUT2D eigenvalue weighted by molar-refractivity contribution is -0.690. The Morgan fingerprint density at radius 1 is 1.43 bits per heavy atom. The van der Waals surface area contributed by atoms with Gasteiger partial charge >= 0.3 is 11.6 Å². The van der Waals surface area contributed by atoms with Gasteiger partial charge in [0.05, 0.1) is 11.8 Å². The largest absolute Gasteiger partial charge is 0.621 e. The van der Waals surface area contributed by atoms with Gasteiger partial charge in [-0.2, -0.15) is 0 Å². The summed E-state index contributed by atoms with van der Waals surface area (Å²) in [4.78, 5) is 20.6. The topological polar surface area (TPSA) is 87.7 Å². The second-order valence-corrected chi connectivity index (χ2v) is 2.66. The van der Waals surface area contributed by atoms with Gasteiger partial charge in [-0.1, -0.05) is 12.1 Å². The van der Waals surface area contributed by atoms with Crippen LogP contribution in [0.1, 0.15) is 6.92 Å². The van der Waals surface area contributed by atoms with E-state index in [4.69, 9.17) is 0 Å². The fourth-order valence-corrected chi connectivity index (χ4v) is 1.01. The van der Waals surface area contributed by atoms with Crippen LogP contribution in [0.2, 0.25) is 0 Å². The normalized spacial score (nSPS) is 12.1. The van der Waals surface area contributed by atoms with Crippen LogP contribution in [0.5, 0.6) is 0 Å². The molecule has 1 amide bonds. The number of carbonyl (C=O) groups excluding carboxylic acids is 1. The van der Waals surface area contributed by atoms with Crippen LogP contribution in [-0.4, -0.2) is 10.8 Å². The molecule has 1 atom stereocenters. The maximum absolute atomic E-state index is 11.2. The molecule has 0 aliphatic heterocycles. The summed E-state index contributed by atoms with van der Waals surface area (Å²) >= 11 is 0. The molecule has 74 valence electrons. The number of hydroxylamine groups is 1. The molecule has 6 heteroatoms. The van der Waals surface area contributed by atoms with E-state index >= 15 is 0 Å². The number of quaternary nitrogens is 1. The summed E-state index contributed by atoms with van der Waals surface area (Å²) < 4.78 is 0. The number of nitro groups is 1. The minimum Gasteiger partial charge on any atom is -0.621 e. The number of nitro benzene ring substituents is 1. The number of amides is 1. The average Bonchev–Trinajstić information content (AvgIpc) is 2.16. The van der Waals surface area contributed by atoms with Gasteiger partial charge in [0.1, 0.15) is 0 Å². The number of nitrogens with zero attached hydrogens (tertiary/aromatic N) is 1. The Morgan fingerprint density at radius 2 is 2.00 bits per heavy atom. The highest BCUT2D eigenvalue weighted by Gasteiger charge is 2.20. The third-order valence-corrected chi connectivity index (χ3v) is 1.67. The van der Waals surface area contributed by atoms with Gasteiger partial charge in [-0.25, -0.2) is 4.79 Å². The quantitative estimate of drug-likeness (QED) is 0.538. The van der Waals surface area contributed by atoms with Gasteiger partial charge in [-0.05, 0) is 0 Å². The van der Waals surface area contributed by atoms with E-state index in [1.165, 1.54) is 24.3 Å². The van der Waals surface area contributed by atoms with Crippen LogP contribution < -0.4 is 5.06 Å². The molecule has 0 saturated carbocycles. The Kier molecular flexibility index (Phi) is 2.90. The summed E-state index contributed by atoms with van der Waals surface area (Å²) in [5, 5.41) is 20.9. The van der Waals surface area contributed by atoms with E-state index in [1.54, 1.807) is 0 Å². The highest BCUT2D eigenvalue weighted by Crippen LogP contribution is 2.18. The third-order valence-electron chi connectivity index (χ3n) is 1.67. The van der Waals surface area contributed by atoms with Gasteiger partial charge in [-0.3, -0.25) is 15.2 Å². The van der Waals surface area contributed by atoms with Crippen molar-refractivity contribution < 1.29 is 14.8 Å². The van der Waals surface area contributed by atoms with Crippen molar-refractivity contribution in [2.24, 2.45) is 0 Å². The van der Waals surface area contributed by atoms with Gasteiger partial charge in [-0.15, -0.1) is 0 Å². The fourth-order valence-electron chi connectivity index (χ4n) is 1.01. The van der Waals surface area contributed by atoms with E-state index in [9.17, 15) is 20.1 Å². The lowest BCUT2D eigenvalue weighted by Crippen LogP contribution is -3.04. The number of rotatable bonds is 2. The van der Waals surface area contributed by atoms with E-state index in [0.29, 0.717) is 0 Å². The molecular formula is C8H8N2O4. The Morgan fingerprint density at radius 3 is 2.50 bits per heavy atom. The first-order valence-electron chi connectivity index (χ1n) is 3.82. The number of benzene rings is 1. The first-order chi connectivity index (χ1) is 6.54. The standard InChI is InChI=1S/C8H8N2O4/c1-6(11)9(12)7-4-2-3-5-8(7)10(13)14/h2-5,9H,1H3. The van der Waals surface area contributed by atoms with Gasteiger partial charge in [0, 0.05) is 12.1 Å². The number of hydrogen-bond acceptors (Lipinski definition) is 4. The van der Waals surface area contributed by atoms with Crippen LogP contribution in [0.4, 0.5) is 11.4 Å². The second-order valence-electron chi connectivity index (χ2n) is 2.66. The molecule has 0 aliphatic carbocycles. The fraction of sp³-hybridized carbons (Fsp3) is 0.125. The molecule has 1 N–H and O–H groups in total. The average molecular weight is 196 g/mol. The molecule has 1 aromatic rings. The summed E-state index contributed by atoms with van der Waals surface area (Å²) in [6.07, 6.45) is 0. The second kappa shape index (κ2) is 3.95. The lowest BCUT2D eigenvalue weighted by atomic mass is 10.2. The Labute approximate surface area is 79.5 Å². The van der Waals surface area contributed by atoms with Gasteiger partial charge < -0.3 is 5.21 Å². The Balaban J connectivity index is 3.19. The highest BCUT2D eigenvalue weighted by molar-refractivity contribution is 5.69. The van der Waals surface area contributed by atoms with Crippen molar-refractivity contribution in [3.05, 3.63) is 39.6 Å². The minimum atomic E-state index is -0.836. The minimum absolute atomic E-state index is 0.162. The predicted octanol–water partition coefficient (Wildman–Crippen LogP) is 0.155. The predicted molar refractivity (Wildman–Crippen MR) is 47.8 cm³/mol. The Hall–Kier alpha value is -1.79. The highest BCUT2D eigenvalue weighted by atomic mass is 16.6. The summed E-state index contributed by atoms with van der Waals surface area (Å²) in [5.41, 5.74) is -0.502.